The van der Waals surface area contributed by atoms with Gasteiger partial charge in [-0.15, -0.1) is 13.2 Å². The summed E-state index contributed by atoms with van der Waals surface area (Å²) in [4.78, 5) is 19.2. The van der Waals surface area contributed by atoms with E-state index in [2.05, 4.69) is 31.5 Å². The Morgan fingerprint density at radius 3 is 2.26 bits per heavy atom. The molecule has 1 amide bonds. The second kappa shape index (κ2) is 16.1. The van der Waals surface area contributed by atoms with Crippen molar-refractivity contribution in [2.24, 2.45) is 4.99 Å². The van der Waals surface area contributed by atoms with E-state index < -0.39 is 45.3 Å². The summed E-state index contributed by atoms with van der Waals surface area (Å²) in [6, 6.07) is 26.8. The van der Waals surface area contributed by atoms with E-state index in [1.807, 2.05) is 0 Å². The van der Waals surface area contributed by atoms with Gasteiger partial charge in [0, 0.05) is 41.6 Å². The molecule has 2 atom stereocenters. The molecule has 0 radical (unpaired) electrons. The van der Waals surface area contributed by atoms with Gasteiger partial charge in [-0.1, -0.05) is 64.5 Å². The number of rotatable bonds is 15. The molecular weight excluding hydrogens is 743 g/mol. The van der Waals surface area contributed by atoms with Gasteiger partial charge in [0.1, 0.15) is 11.5 Å². The molecule has 0 unspecified atom stereocenters. The van der Waals surface area contributed by atoms with Crippen LogP contribution in [0, 0.1) is 0 Å². The Balaban J connectivity index is 1.47. The molecule has 0 spiro atoms. The van der Waals surface area contributed by atoms with Crippen molar-refractivity contribution in [3.05, 3.63) is 124 Å². The number of hydrogen-bond donors (Lipinski definition) is 3. The summed E-state index contributed by atoms with van der Waals surface area (Å²) < 4.78 is 81.4. The van der Waals surface area contributed by atoms with E-state index in [-0.39, 0.29) is 30.4 Å². The highest BCUT2D eigenvalue weighted by atomic mass is 79.9. The van der Waals surface area contributed by atoms with Crippen LogP contribution in [0.25, 0.3) is 0 Å². The predicted octanol–water partition coefficient (Wildman–Crippen LogP) is 6.05. The summed E-state index contributed by atoms with van der Waals surface area (Å²) >= 11 is 3.55. The first-order chi connectivity index (χ1) is 23.9. The number of aliphatic imine (C=N–C) groups is 1. The number of carbonyl (C=O) groups is 1. The zero-order valence-electron chi connectivity index (χ0n) is 26.4. The number of alkyl halides is 3. The molecule has 0 saturated carbocycles. The van der Waals surface area contributed by atoms with Crippen molar-refractivity contribution in [2.75, 3.05) is 19.0 Å². The van der Waals surface area contributed by atoms with Gasteiger partial charge >= 0.3 is 6.36 Å². The first-order valence-corrected chi connectivity index (χ1v) is 17.9. The summed E-state index contributed by atoms with van der Waals surface area (Å²) in [6.07, 6.45) is -5.74. The van der Waals surface area contributed by atoms with Crippen molar-refractivity contribution in [3.8, 4) is 11.5 Å². The van der Waals surface area contributed by atoms with Crippen LogP contribution >= 0.6 is 15.9 Å². The van der Waals surface area contributed by atoms with E-state index in [1.165, 1.54) is 24.3 Å². The summed E-state index contributed by atoms with van der Waals surface area (Å²) in [5.41, 5.74) is 5.19. The Labute approximate surface area is 295 Å². The fraction of sp³-hybridized carbons (Fsp3) is 0.257. The molecule has 264 valence electrons. The maximum Gasteiger partial charge on any atom is 0.573 e. The lowest BCUT2D eigenvalue weighted by Gasteiger charge is -2.31. The van der Waals surface area contributed by atoms with Gasteiger partial charge in [0.15, 0.2) is 21.5 Å². The number of benzene rings is 4. The third kappa shape index (κ3) is 9.21. The molecule has 10 nitrogen and oxygen atoms in total. The van der Waals surface area contributed by atoms with Gasteiger partial charge in [0.2, 0.25) is 5.90 Å². The summed E-state index contributed by atoms with van der Waals surface area (Å²) in [6.45, 7) is 0.307. The minimum Gasteiger partial charge on any atom is -0.494 e. The molecule has 4 aromatic carbocycles. The molecule has 1 heterocycles. The Kier molecular flexibility index (Phi) is 11.8. The number of ether oxygens (including phenoxy) is 3. The molecule has 15 heteroatoms. The molecular formula is C35H33BrF3N3O7S. The van der Waals surface area contributed by atoms with Crippen LogP contribution in [-0.2, 0) is 25.9 Å². The van der Waals surface area contributed by atoms with Crippen molar-refractivity contribution in [2.45, 2.75) is 42.3 Å². The topological polar surface area (TPSA) is 136 Å². The van der Waals surface area contributed by atoms with Crippen molar-refractivity contribution in [1.82, 2.24) is 10.9 Å². The molecule has 1 aliphatic rings. The van der Waals surface area contributed by atoms with Crippen LogP contribution < -0.4 is 20.3 Å². The molecule has 0 fully saturated rings. The maximum absolute atomic E-state index is 14.3. The maximum atomic E-state index is 14.3. The Hall–Kier alpha value is -4.44. The highest BCUT2D eigenvalue weighted by Crippen LogP contribution is 2.45. The van der Waals surface area contributed by atoms with Crippen LogP contribution in [0.4, 0.5) is 13.2 Å². The van der Waals surface area contributed by atoms with Crippen LogP contribution in [0.2, 0.25) is 0 Å². The average Bonchev–Trinajstić information content (AvgIpc) is 3.49. The van der Waals surface area contributed by atoms with Crippen molar-refractivity contribution < 1.29 is 45.7 Å². The first-order valence-electron chi connectivity index (χ1n) is 15.4. The molecule has 0 saturated heterocycles. The van der Waals surface area contributed by atoms with E-state index in [9.17, 15) is 26.4 Å². The zero-order valence-corrected chi connectivity index (χ0v) is 28.8. The molecule has 0 bridgehead atoms. The lowest BCUT2D eigenvalue weighted by molar-refractivity contribution is -0.274. The number of carbonyl (C=O) groups excluding carboxylic acids is 1. The number of halogens is 4. The Bertz CT molecular complexity index is 1900. The van der Waals surface area contributed by atoms with Crippen LogP contribution in [0.5, 0.6) is 11.5 Å². The Morgan fingerprint density at radius 2 is 1.60 bits per heavy atom. The van der Waals surface area contributed by atoms with Gasteiger partial charge in [-0.05, 0) is 60.2 Å². The third-order valence-corrected chi connectivity index (χ3v) is 10.2. The van der Waals surface area contributed by atoms with E-state index in [0.717, 1.165) is 12.1 Å². The SMILES string of the molecule is O=C(NNCc1ccc(OC(F)(F)F)cc1)[C@@]1(CCS(=O)(=O)c2ccccc2)N=C(c2ccc(OCCCO)cc2)O[C@H]1c1ccccc1Br. The smallest absolute Gasteiger partial charge is 0.494 e. The highest BCUT2D eigenvalue weighted by molar-refractivity contribution is 9.10. The number of aliphatic hydroxyl groups excluding tert-OH is 1. The first kappa shape index (κ1) is 36.8. The van der Waals surface area contributed by atoms with Gasteiger partial charge in [-0.2, -0.15) is 0 Å². The van der Waals surface area contributed by atoms with Crippen LogP contribution in [0.1, 0.15) is 35.6 Å². The van der Waals surface area contributed by atoms with Gasteiger partial charge in [0.25, 0.3) is 5.91 Å². The van der Waals surface area contributed by atoms with Crippen molar-refractivity contribution in [1.29, 1.82) is 0 Å². The van der Waals surface area contributed by atoms with Crippen LogP contribution in [0.15, 0.2) is 117 Å². The predicted molar refractivity (Wildman–Crippen MR) is 182 cm³/mol. The average molecular weight is 777 g/mol. The number of sulfone groups is 1. The zero-order chi connectivity index (χ0) is 35.8. The number of aliphatic hydroxyl groups is 1. The molecule has 0 aliphatic carbocycles. The van der Waals surface area contributed by atoms with Crippen LogP contribution in [-0.4, -0.2) is 56.2 Å². The van der Waals surface area contributed by atoms with E-state index in [0.29, 0.717) is 39.9 Å². The molecule has 4 aromatic rings. The summed E-state index contributed by atoms with van der Waals surface area (Å²) in [7, 11) is -3.88. The molecule has 3 N–H and O–H groups in total. The number of hydrogen-bond acceptors (Lipinski definition) is 9. The number of nitrogens with one attached hydrogen (secondary N) is 2. The third-order valence-electron chi connectivity index (χ3n) is 7.72. The van der Waals surface area contributed by atoms with Gasteiger partial charge < -0.3 is 19.3 Å². The lowest BCUT2D eigenvalue weighted by atomic mass is 9.85. The monoisotopic (exact) mass is 775 g/mol. The second-order valence-corrected chi connectivity index (χ2v) is 14.2. The number of amides is 1. The molecule has 50 heavy (non-hydrogen) atoms. The van der Waals surface area contributed by atoms with Gasteiger partial charge in [-0.3, -0.25) is 10.2 Å². The summed E-state index contributed by atoms with van der Waals surface area (Å²) in [5.74, 6) is -0.903. The van der Waals surface area contributed by atoms with E-state index in [1.54, 1.807) is 66.7 Å². The standard InChI is InChI=1S/C35H33BrF3N3O7S/c36-30-10-5-4-9-29(30)31-34(19-22-50(45,46)28-7-2-1-3-8-28,41-32(48-31)25-13-17-26(18-14-25)47-21-6-20-43)33(44)42-40-23-24-11-15-27(16-12-24)49-35(37,38)39/h1-5,7-18,31,40,43H,6,19-23H2,(H,42,44)/t31-,34-/m0/s1. The fourth-order valence-electron chi connectivity index (χ4n) is 5.21. The van der Waals surface area contributed by atoms with E-state index >= 15 is 0 Å². The second-order valence-electron chi connectivity index (χ2n) is 11.2. The normalized spacial score (nSPS) is 17.5. The number of hydrazine groups is 1. The lowest BCUT2D eigenvalue weighted by Crippen LogP contribution is -2.53. The van der Waals surface area contributed by atoms with Gasteiger partial charge in [0.05, 0.1) is 17.3 Å². The molecule has 5 rings (SSSR count). The van der Waals surface area contributed by atoms with Gasteiger partial charge in [-0.25, -0.2) is 18.8 Å². The minimum absolute atomic E-state index is 0.00526. The van der Waals surface area contributed by atoms with Crippen molar-refractivity contribution in [3.63, 3.8) is 0 Å². The number of nitrogens with zero attached hydrogens (tertiary/aromatic N) is 1. The van der Waals surface area contributed by atoms with Crippen molar-refractivity contribution >= 4 is 37.6 Å². The molecule has 0 aromatic heterocycles. The highest BCUT2D eigenvalue weighted by Gasteiger charge is 2.54. The van der Waals surface area contributed by atoms with E-state index in [4.69, 9.17) is 19.6 Å². The quantitative estimate of drug-likeness (QED) is 0.0982. The Morgan fingerprint density at radius 1 is 0.940 bits per heavy atom. The minimum atomic E-state index is -4.83. The largest absolute Gasteiger partial charge is 0.573 e. The molecule has 1 aliphatic heterocycles. The summed E-state index contributed by atoms with van der Waals surface area (Å²) in [5, 5.41) is 9.05. The fourth-order valence-corrected chi connectivity index (χ4v) is 7.09. The van der Waals surface area contributed by atoms with Crippen LogP contribution in [0.3, 0.4) is 0 Å².